The molecule has 1 aromatic rings. The molecule has 24 heavy (non-hydrogen) atoms. The van der Waals surface area contributed by atoms with Gasteiger partial charge in [-0.1, -0.05) is 31.4 Å². The first-order chi connectivity index (χ1) is 11.5. The third-order valence-corrected chi connectivity index (χ3v) is 2.97. The summed E-state index contributed by atoms with van der Waals surface area (Å²) in [6.45, 7) is 10.6. The molecule has 0 unspecified atom stereocenters. The van der Waals surface area contributed by atoms with Crippen LogP contribution in [0.1, 0.15) is 43.9 Å². The monoisotopic (exact) mass is 328 g/mol. The van der Waals surface area contributed by atoms with Crippen molar-refractivity contribution in [3.8, 4) is 0 Å². The van der Waals surface area contributed by atoms with E-state index in [9.17, 15) is 14.4 Å². The summed E-state index contributed by atoms with van der Waals surface area (Å²) >= 11 is 0. The normalized spacial score (nSPS) is 9.67. The Kier molecular flexibility index (Phi) is 7.91. The quantitative estimate of drug-likeness (QED) is 0.373. The van der Waals surface area contributed by atoms with Gasteiger partial charge in [-0.15, -0.1) is 6.58 Å². The fraction of sp³-hybridized carbons (Fsp3) is 0.211. The van der Waals surface area contributed by atoms with Gasteiger partial charge in [0.15, 0.2) is 5.78 Å². The number of allylic oxidation sites excluding steroid dienone is 1. The van der Waals surface area contributed by atoms with Crippen LogP contribution in [0.4, 0.5) is 0 Å². The second-order valence-electron chi connectivity index (χ2n) is 4.82. The summed E-state index contributed by atoms with van der Waals surface area (Å²) in [5.41, 5.74) is 0.453. The molecule has 0 aromatic heterocycles. The second kappa shape index (κ2) is 9.94. The molecular formula is C19H20O5. The minimum absolute atomic E-state index is 0.0315. The van der Waals surface area contributed by atoms with Gasteiger partial charge in [0, 0.05) is 12.0 Å². The number of hydrogen-bond acceptors (Lipinski definition) is 5. The average Bonchev–Trinajstić information content (AvgIpc) is 2.61. The molecule has 126 valence electrons. The Labute approximate surface area is 141 Å². The van der Waals surface area contributed by atoms with E-state index in [4.69, 9.17) is 9.47 Å². The van der Waals surface area contributed by atoms with Crippen LogP contribution in [0.2, 0.25) is 0 Å². The Morgan fingerprint density at radius 3 is 1.67 bits per heavy atom. The van der Waals surface area contributed by atoms with Crippen LogP contribution in [0.15, 0.2) is 56.2 Å². The van der Waals surface area contributed by atoms with Crippen molar-refractivity contribution in [2.45, 2.75) is 12.8 Å². The molecular weight excluding hydrogens is 308 g/mol. The number of benzene rings is 1. The zero-order valence-electron chi connectivity index (χ0n) is 13.5. The lowest BCUT2D eigenvalue weighted by atomic mass is 10.0. The smallest absolute Gasteiger partial charge is 0.338 e. The molecule has 0 aliphatic rings. The topological polar surface area (TPSA) is 69.7 Å². The first-order valence-corrected chi connectivity index (χ1v) is 7.38. The summed E-state index contributed by atoms with van der Waals surface area (Å²) in [5.74, 6) is -1.50. The Balaban J connectivity index is 3.17. The summed E-state index contributed by atoms with van der Waals surface area (Å²) in [4.78, 5) is 36.2. The number of esters is 2. The number of ether oxygens (including phenoxy) is 2. The lowest BCUT2D eigenvalue weighted by Gasteiger charge is -2.08. The van der Waals surface area contributed by atoms with Crippen LogP contribution in [0.25, 0.3) is 0 Å². The van der Waals surface area contributed by atoms with Gasteiger partial charge in [-0.3, -0.25) is 4.79 Å². The Morgan fingerprint density at radius 2 is 1.25 bits per heavy atom. The van der Waals surface area contributed by atoms with E-state index in [0.29, 0.717) is 6.42 Å². The standard InChI is InChI=1S/C19H20O5/c1-4-7-8-17(20)14-11-15(18(21)23-9-5-2)13-16(12-14)19(22)24-10-6-3/h4-6,11-13H,1-3,7-10H2. The lowest BCUT2D eigenvalue weighted by Crippen LogP contribution is -2.12. The molecule has 0 heterocycles. The Morgan fingerprint density at radius 1 is 0.792 bits per heavy atom. The third kappa shape index (κ3) is 5.68. The van der Waals surface area contributed by atoms with Crippen LogP contribution < -0.4 is 0 Å². The van der Waals surface area contributed by atoms with E-state index >= 15 is 0 Å². The van der Waals surface area contributed by atoms with E-state index in [1.807, 2.05) is 0 Å². The van der Waals surface area contributed by atoms with Gasteiger partial charge in [-0.25, -0.2) is 9.59 Å². The zero-order chi connectivity index (χ0) is 17.9. The Bertz CT molecular complexity index is 555. The summed E-state index contributed by atoms with van der Waals surface area (Å²) < 4.78 is 9.91. The van der Waals surface area contributed by atoms with Crippen molar-refractivity contribution in [2.75, 3.05) is 13.2 Å². The summed E-state index contributed by atoms with van der Waals surface area (Å²) in [6.07, 6.45) is 5.21. The summed E-state index contributed by atoms with van der Waals surface area (Å²) in [5, 5.41) is 0. The van der Waals surface area contributed by atoms with Crippen molar-refractivity contribution < 1.29 is 23.9 Å². The number of rotatable bonds is 10. The molecule has 0 N–H and O–H groups in total. The molecule has 0 atom stereocenters. The van der Waals surface area contributed by atoms with Gasteiger partial charge < -0.3 is 9.47 Å². The minimum atomic E-state index is -0.647. The fourth-order valence-electron chi connectivity index (χ4n) is 1.84. The number of carbonyl (C=O) groups is 3. The van der Waals surface area contributed by atoms with Crippen LogP contribution in [-0.4, -0.2) is 30.9 Å². The maximum absolute atomic E-state index is 12.2. The van der Waals surface area contributed by atoms with E-state index < -0.39 is 11.9 Å². The molecule has 0 aliphatic carbocycles. The molecule has 1 rings (SSSR count). The molecule has 0 saturated carbocycles. The van der Waals surface area contributed by atoms with E-state index in [0.717, 1.165) is 0 Å². The first-order valence-electron chi connectivity index (χ1n) is 7.38. The van der Waals surface area contributed by atoms with Crippen LogP contribution in [0.5, 0.6) is 0 Å². The minimum Gasteiger partial charge on any atom is -0.458 e. The van der Waals surface area contributed by atoms with E-state index in [-0.39, 0.29) is 42.1 Å². The maximum atomic E-state index is 12.2. The van der Waals surface area contributed by atoms with Crippen molar-refractivity contribution in [3.05, 3.63) is 72.9 Å². The molecule has 0 fully saturated rings. The molecule has 0 spiro atoms. The highest BCUT2D eigenvalue weighted by atomic mass is 16.5. The molecule has 0 saturated heterocycles. The van der Waals surface area contributed by atoms with E-state index in [2.05, 4.69) is 19.7 Å². The van der Waals surface area contributed by atoms with Gasteiger partial charge in [-0.05, 0) is 24.6 Å². The van der Waals surface area contributed by atoms with Crippen LogP contribution in [0.3, 0.4) is 0 Å². The maximum Gasteiger partial charge on any atom is 0.338 e. The van der Waals surface area contributed by atoms with Gasteiger partial charge >= 0.3 is 11.9 Å². The molecule has 5 heteroatoms. The van der Waals surface area contributed by atoms with Crippen molar-refractivity contribution in [1.82, 2.24) is 0 Å². The summed E-state index contributed by atoms with van der Waals surface area (Å²) in [7, 11) is 0. The van der Waals surface area contributed by atoms with Gasteiger partial charge in [-0.2, -0.15) is 0 Å². The van der Waals surface area contributed by atoms with Crippen LogP contribution >= 0.6 is 0 Å². The van der Waals surface area contributed by atoms with Crippen molar-refractivity contribution >= 4 is 17.7 Å². The first kappa shape index (κ1) is 19.1. The second-order valence-corrected chi connectivity index (χ2v) is 4.82. The average molecular weight is 328 g/mol. The number of Topliss-reactive ketones (excluding diaryl/α,β-unsaturated/α-hetero) is 1. The molecule has 0 amide bonds. The van der Waals surface area contributed by atoms with Gasteiger partial charge in [0.1, 0.15) is 13.2 Å². The Hall–Kier alpha value is -2.95. The van der Waals surface area contributed by atoms with E-state index in [1.165, 1.54) is 30.4 Å². The highest BCUT2D eigenvalue weighted by molar-refractivity contribution is 6.03. The van der Waals surface area contributed by atoms with Gasteiger partial charge in [0.25, 0.3) is 0 Å². The van der Waals surface area contributed by atoms with Crippen LogP contribution in [0, 0.1) is 0 Å². The highest BCUT2D eigenvalue weighted by Gasteiger charge is 2.17. The lowest BCUT2D eigenvalue weighted by molar-refractivity contribution is 0.0548. The van der Waals surface area contributed by atoms with E-state index in [1.54, 1.807) is 6.08 Å². The van der Waals surface area contributed by atoms with Crippen molar-refractivity contribution in [3.63, 3.8) is 0 Å². The molecule has 0 radical (unpaired) electrons. The molecule has 0 aliphatic heterocycles. The van der Waals surface area contributed by atoms with Gasteiger partial charge in [0.05, 0.1) is 11.1 Å². The number of carbonyl (C=O) groups excluding carboxylic acids is 3. The van der Waals surface area contributed by atoms with Crippen molar-refractivity contribution in [1.29, 1.82) is 0 Å². The molecule has 0 bridgehead atoms. The predicted molar refractivity (Wildman–Crippen MR) is 91.2 cm³/mol. The number of hydrogen-bond donors (Lipinski definition) is 0. The highest BCUT2D eigenvalue weighted by Crippen LogP contribution is 2.16. The zero-order valence-corrected chi connectivity index (χ0v) is 13.5. The van der Waals surface area contributed by atoms with Gasteiger partial charge in [0.2, 0.25) is 0 Å². The molecule has 1 aromatic carbocycles. The fourth-order valence-corrected chi connectivity index (χ4v) is 1.84. The SMILES string of the molecule is C=CCCC(=O)c1cc(C(=O)OCC=C)cc(C(=O)OCC=C)c1. The summed E-state index contributed by atoms with van der Waals surface area (Å²) in [6, 6.07) is 4.14. The van der Waals surface area contributed by atoms with Crippen LogP contribution in [-0.2, 0) is 9.47 Å². The number of ketones is 1. The predicted octanol–water partition coefficient (Wildman–Crippen LogP) is 3.52. The largest absolute Gasteiger partial charge is 0.458 e. The third-order valence-electron chi connectivity index (χ3n) is 2.97. The van der Waals surface area contributed by atoms with Crippen molar-refractivity contribution in [2.24, 2.45) is 0 Å². The molecule has 5 nitrogen and oxygen atoms in total.